The Bertz CT molecular complexity index is 1040. The van der Waals surface area contributed by atoms with Crippen LogP contribution in [0.15, 0.2) is 36.4 Å². The molecule has 8 heteroatoms. The van der Waals surface area contributed by atoms with E-state index in [1.165, 1.54) is 18.6 Å². The number of aryl methyl sites for hydroxylation is 2. The number of nitrogens with one attached hydrogen (secondary N) is 1. The first-order valence-corrected chi connectivity index (χ1v) is 14.4. The molecule has 1 heterocycles. The van der Waals surface area contributed by atoms with Gasteiger partial charge in [-0.2, -0.15) is 0 Å². The minimum Gasteiger partial charge on any atom is -0.390 e. The van der Waals surface area contributed by atoms with Crippen LogP contribution >= 0.6 is 0 Å². The Kier molecular flexibility index (Phi) is 13.7. The van der Waals surface area contributed by atoms with E-state index in [1.54, 1.807) is 19.1 Å². The molecular weight excluding hydrogens is 512 g/mol. The Morgan fingerprint density at radius 3 is 1.98 bits per heavy atom. The maximum Gasteiger partial charge on any atom is 0.253 e. The third-order valence-corrected chi connectivity index (χ3v) is 6.78. The van der Waals surface area contributed by atoms with Crippen LogP contribution in [0.25, 0.3) is 0 Å². The minimum atomic E-state index is -0.614. The van der Waals surface area contributed by atoms with Crippen molar-refractivity contribution < 1.29 is 23.5 Å². The van der Waals surface area contributed by atoms with Gasteiger partial charge >= 0.3 is 0 Å². The van der Waals surface area contributed by atoms with Gasteiger partial charge < -0.3 is 20.2 Å². The first-order valence-electron chi connectivity index (χ1n) is 14.4. The van der Waals surface area contributed by atoms with Crippen molar-refractivity contribution >= 4 is 11.8 Å². The minimum absolute atomic E-state index is 0.0326. The van der Waals surface area contributed by atoms with E-state index >= 15 is 0 Å². The highest BCUT2D eigenvalue weighted by molar-refractivity contribution is 6.00. The zero-order valence-electron chi connectivity index (χ0n) is 25.0. The van der Waals surface area contributed by atoms with Gasteiger partial charge in [-0.3, -0.25) is 9.59 Å². The molecule has 0 radical (unpaired) electrons. The second-order valence-corrected chi connectivity index (χ2v) is 11.4. The summed E-state index contributed by atoms with van der Waals surface area (Å²) in [7, 11) is 0. The highest BCUT2D eigenvalue weighted by atomic mass is 19.1. The van der Waals surface area contributed by atoms with Crippen molar-refractivity contribution in [2.75, 3.05) is 39.3 Å². The molecule has 0 aliphatic carbocycles. The molecule has 3 atom stereocenters. The molecule has 1 fully saturated rings. The van der Waals surface area contributed by atoms with Crippen molar-refractivity contribution in [1.82, 2.24) is 15.1 Å². The van der Waals surface area contributed by atoms with E-state index in [-0.39, 0.29) is 18.4 Å². The molecule has 1 aliphatic heterocycles. The van der Waals surface area contributed by atoms with Gasteiger partial charge in [-0.25, -0.2) is 8.78 Å². The number of benzene rings is 2. The Balaban J connectivity index is 0.000000526. The molecule has 0 bridgehead atoms. The molecule has 0 saturated carbocycles. The number of hydrogen-bond donors (Lipinski definition) is 2. The van der Waals surface area contributed by atoms with Gasteiger partial charge in [0.25, 0.3) is 11.8 Å². The van der Waals surface area contributed by atoms with Crippen molar-refractivity contribution in [2.24, 2.45) is 11.8 Å². The smallest absolute Gasteiger partial charge is 0.253 e. The van der Waals surface area contributed by atoms with Crippen LogP contribution in [0.5, 0.6) is 0 Å². The van der Waals surface area contributed by atoms with E-state index in [0.29, 0.717) is 48.2 Å². The number of likely N-dealkylation sites (tertiary alicyclic amines) is 1. The van der Waals surface area contributed by atoms with E-state index < -0.39 is 17.7 Å². The van der Waals surface area contributed by atoms with Gasteiger partial charge in [0, 0.05) is 56.5 Å². The lowest BCUT2D eigenvalue weighted by molar-refractivity contribution is 0.0660. The van der Waals surface area contributed by atoms with Crippen molar-refractivity contribution in [3.63, 3.8) is 0 Å². The summed E-state index contributed by atoms with van der Waals surface area (Å²) < 4.78 is 24.4. The van der Waals surface area contributed by atoms with E-state index in [0.717, 1.165) is 37.6 Å². The first kappa shape index (κ1) is 33.4. The highest BCUT2D eigenvalue weighted by Gasteiger charge is 2.24. The Labute approximate surface area is 238 Å². The Morgan fingerprint density at radius 2 is 1.45 bits per heavy atom. The van der Waals surface area contributed by atoms with Crippen LogP contribution in [0.2, 0.25) is 0 Å². The molecule has 1 saturated heterocycles. The van der Waals surface area contributed by atoms with Gasteiger partial charge in [-0.1, -0.05) is 27.7 Å². The molecule has 2 aromatic rings. The number of nitrogens with zero attached hydrogens (tertiary/aromatic N) is 2. The van der Waals surface area contributed by atoms with Gasteiger partial charge in [0.05, 0.1) is 6.10 Å². The van der Waals surface area contributed by atoms with Gasteiger partial charge in [0.15, 0.2) is 0 Å². The standard InChI is InChI=1S/C25H41N3O3.C7H6F2/c1-6-8-28(9-7-2)25(31)22-12-18(3)11-21(13-22)24(30)26-14-23(29)17-27-15-19(4)10-20(5)16-27;1-5-2-6(8)4-7(9)3-5/h11-13,19-20,23,29H,6-10,14-17H2,1-5H3,(H,26,30);2-4H,1H3. The molecular formula is C32H47F2N3O3. The summed E-state index contributed by atoms with van der Waals surface area (Å²) >= 11 is 0. The number of piperidine rings is 1. The summed E-state index contributed by atoms with van der Waals surface area (Å²) in [5.41, 5.74) is 2.49. The third kappa shape index (κ3) is 11.3. The zero-order valence-corrected chi connectivity index (χ0v) is 25.0. The van der Waals surface area contributed by atoms with Crippen molar-refractivity contribution in [3.05, 3.63) is 70.3 Å². The molecule has 6 nitrogen and oxygen atoms in total. The van der Waals surface area contributed by atoms with E-state index in [2.05, 4.69) is 37.9 Å². The summed E-state index contributed by atoms with van der Waals surface area (Å²) in [4.78, 5) is 29.8. The summed E-state index contributed by atoms with van der Waals surface area (Å²) in [6.45, 7) is 16.3. The van der Waals surface area contributed by atoms with Crippen LogP contribution in [0, 0.1) is 37.3 Å². The summed E-state index contributed by atoms with van der Waals surface area (Å²) in [6, 6.07) is 8.71. The fraction of sp³-hybridized carbons (Fsp3) is 0.562. The molecule has 2 N–H and O–H groups in total. The number of β-amino-alcohol motifs (C(OH)–C–C–N with tert-alkyl or cyclic N) is 1. The Morgan fingerprint density at radius 1 is 0.925 bits per heavy atom. The predicted molar refractivity (Wildman–Crippen MR) is 156 cm³/mol. The number of aliphatic hydroxyl groups is 1. The maximum absolute atomic E-state index is 12.9. The fourth-order valence-corrected chi connectivity index (χ4v) is 5.38. The SMILES string of the molecule is CCCN(CCC)C(=O)c1cc(C)cc(C(=O)NCC(O)CN2CC(C)CC(C)C2)c1.Cc1cc(F)cc(F)c1. The van der Waals surface area contributed by atoms with Gasteiger partial charge in [-0.05, 0) is 86.4 Å². The number of hydrogen-bond acceptors (Lipinski definition) is 4. The lowest BCUT2D eigenvalue weighted by Gasteiger charge is -2.36. The number of rotatable bonds is 10. The summed E-state index contributed by atoms with van der Waals surface area (Å²) in [5.74, 6) is -0.0629. The maximum atomic E-state index is 12.9. The second kappa shape index (κ2) is 16.4. The molecule has 222 valence electrons. The van der Waals surface area contributed by atoms with Crippen LogP contribution in [-0.2, 0) is 0 Å². The highest BCUT2D eigenvalue weighted by Crippen LogP contribution is 2.21. The van der Waals surface area contributed by atoms with Crippen LogP contribution in [-0.4, -0.2) is 72.1 Å². The molecule has 0 spiro atoms. The van der Waals surface area contributed by atoms with E-state index in [4.69, 9.17) is 0 Å². The average molecular weight is 560 g/mol. The molecule has 3 rings (SSSR count). The average Bonchev–Trinajstić information content (AvgIpc) is 2.85. The molecule has 2 amide bonds. The zero-order chi connectivity index (χ0) is 29.8. The van der Waals surface area contributed by atoms with Crippen LogP contribution in [0.4, 0.5) is 8.78 Å². The van der Waals surface area contributed by atoms with Crippen LogP contribution < -0.4 is 5.32 Å². The van der Waals surface area contributed by atoms with Crippen LogP contribution in [0.3, 0.4) is 0 Å². The van der Waals surface area contributed by atoms with Crippen LogP contribution in [0.1, 0.15) is 78.8 Å². The Hall–Kier alpha value is -2.84. The summed E-state index contributed by atoms with van der Waals surface area (Å²) in [6.07, 6.45) is 2.41. The number of carbonyl (C=O) groups is 2. The van der Waals surface area contributed by atoms with Gasteiger partial charge in [0.2, 0.25) is 0 Å². The lowest BCUT2D eigenvalue weighted by atomic mass is 9.92. The lowest BCUT2D eigenvalue weighted by Crippen LogP contribution is -2.45. The molecule has 1 aliphatic rings. The molecule has 40 heavy (non-hydrogen) atoms. The molecule has 0 aromatic heterocycles. The number of amides is 2. The third-order valence-electron chi connectivity index (χ3n) is 6.78. The second-order valence-electron chi connectivity index (χ2n) is 11.4. The number of halogens is 2. The molecule has 3 unspecified atom stereocenters. The van der Waals surface area contributed by atoms with Crippen molar-refractivity contribution in [1.29, 1.82) is 0 Å². The van der Waals surface area contributed by atoms with Crippen molar-refractivity contribution in [2.45, 2.75) is 66.9 Å². The molecule has 2 aromatic carbocycles. The van der Waals surface area contributed by atoms with Gasteiger partial charge in [-0.15, -0.1) is 0 Å². The monoisotopic (exact) mass is 559 g/mol. The largest absolute Gasteiger partial charge is 0.390 e. The first-order chi connectivity index (χ1) is 18.9. The summed E-state index contributed by atoms with van der Waals surface area (Å²) in [5, 5.41) is 13.3. The predicted octanol–water partition coefficient (Wildman–Crippen LogP) is 5.60. The number of aliphatic hydroxyl groups excluding tert-OH is 1. The van der Waals surface area contributed by atoms with E-state index in [1.807, 2.05) is 17.9 Å². The van der Waals surface area contributed by atoms with Gasteiger partial charge in [0.1, 0.15) is 11.6 Å². The normalized spacial score (nSPS) is 17.9. The number of carbonyl (C=O) groups excluding carboxylic acids is 2. The quantitative estimate of drug-likeness (QED) is 0.398. The van der Waals surface area contributed by atoms with E-state index in [9.17, 15) is 23.5 Å². The topological polar surface area (TPSA) is 72.9 Å². The fourth-order valence-electron chi connectivity index (χ4n) is 5.38. The van der Waals surface area contributed by atoms with Crippen molar-refractivity contribution in [3.8, 4) is 0 Å².